The van der Waals surface area contributed by atoms with E-state index in [9.17, 15) is 9.59 Å². The van der Waals surface area contributed by atoms with Crippen molar-refractivity contribution >= 4 is 11.9 Å². The molecule has 126 valence electrons. The van der Waals surface area contributed by atoms with Gasteiger partial charge in [0.05, 0.1) is 13.2 Å². The fourth-order valence-electron chi connectivity index (χ4n) is 2.94. The van der Waals surface area contributed by atoms with Crippen molar-refractivity contribution in [1.29, 1.82) is 0 Å². The van der Waals surface area contributed by atoms with Crippen LogP contribution in [0.5, 0.6) is 0 Å². The summed E-state index contributed by atoms with van der Waals surface area (Å²) in [6, 6.07) is -0.981. The summed E-state index contributed by atoms with van der Waals surface area (Å²) < 4.78 is 5.14. The van der Waals surface area contributed by atoms with Crippen molar-refractivity contribution in [2.45, 2.75) is 57.9 Å². The largest absolute Gasteiger partial charge is 0.480 e. The van der Waals surface area contributed by atoms with Crippen molar-refractivity contribution < 1.29 is 19.4 Å². The molecule has 0 bridgehead atoms. The molecule has 22 heavy (non-hydrogen) atoms. The molecule has 1 aliphatic carbocycles. The second kappa shape index (κ2) is 10.4. The van der Waals surface area contributed by atoms with Crippen LogP contribution in [0.4, 0.5) is 0 Å². The third kappa shape index (κ3) is 6.60. The first-order chi connectivity index (χ1) is 10.6. The van der Waals surface area contributed by atoms with Gasteiger partial charge in [-0.25, -0.2) is 4.79 Å². The lowest BCUT2D eigenvalue weighted by atomic mass is 9.79. The molecule has 0 aromatic heterocycles. The Balaban J connectivity index is 2.37. The van der Waals surface area contributed by atoms with Crippen LogP contribution in [0.1, 0.15) is 51.9 Å². The first kappa shape index (κ1) is 18.7. The Labute approximate surface area is 133 Å². The molecule has 0 heterocycles. The summed E-state index contributed by atoms with van der Waals surface area (Å²) in [5.74, 6) is -0.535. The molecule has 0 spiro atoms. The molecular formula is C17H29NO4. The van der Waals surface area contributed by atoms with Crippen LogP contribution >= 0.6 is 0 Å². The Bertz CT molecular complexity index is 362. The van der Waals surface area contributed by atoms with Gasteiger partial charge in [0, 0.05) is 5.92 Å². The van der Waals surface area contributed by atoms with Crippen LogP contribution in [0, 0.1) is 11.8 Å². The second-order valence-electron chi connectivity index (χ2n) is 6.09. The summed E-state index contributed by atoms with van der Waals surface area (Å²) >= 11 is 0. The lowest BCUT2D eigenvalue weighted by molar-refractivity contribution is -0.144. The number of hydrogen-bond donors (Lipinski definition) is 2. The van der Waals surface area contributed by atoms with Gasteiger partial charge >= 0.3 is 5.97 Å². The Morgan fingerprint density at radius 1 is 1.36 bits per heavy atom. The zero-order valence-corrected chi connectivity index (χ0v) is 13.6. The number of rotatable bonds is 10. The number of ether oxygens (including phenoxy) is 1. The number of amides is 1. The highest BCUT2D eigenvalue weighted by molar-refractivity contribution is 5.85. The van der Waals surface area contributed by atoms with E-state index in [0.29, 0.717) is 0 Å². The lowest BCUT2D eigenvalue weighted by Crippen LogP contribution is -2.47. The van der Waals surface area contributed by atoms with Gasteiger partial charge in [-0.15, -0.1) is 6.58 Å². The molecule has 0 aromatic carbocycles. The summed E-state index contributed by atoms with van der Waals surface area (Å²) in [6.07, 6.45) is 9.14. The molecule has 1 atom stereocenters. The van der Waals surface area contributed by atoms with E-state index in [1.807, 2.05) is 0 Å². The Kier molecular flexibility index (Phi) is 8.82. The zero-order chi connectivity index (χ0) is 16.4. The normalized spacial score (nSPS) is 22.8. The number of carbonyl (C=O) groups is 2. The maximum Gasteiger partial charge on any atom is 0.328 e. The van der Waals surface area contributed by atoms with Crippen LogP contribution in [0.25, 0.3) is 0 Å². The summed E-state index contributed by atoms with van der Waals surface area (Å²) in [7, 11) is 0. The molecule has 0 saturated heterocycles. The predicted molar refractivity (Wildman–Crippen MR) is 85.6 cm³/mol. The molecular weight excluding hydrogens is 282 g/mol. The van der Waals surface area contributed by atoms with Gasteiger partial charge < -0.3 is 15.2 Å². The van der Waals surface area contributed by atoms with Crippen molar-refractivity contribution in [2.24, 2.45) is 11.8 Å². The highest BCUT2D eigenvalue weighted by Gasteiger charge is 2.29. The number of carboxylic acids is 1. The van der Waals surface area contributed by atoms with Crippen molar-refractivity contribution in [2.75, 3.05) is 13.2 Å². The maximum absolute atomic E-state index is 12.2. The van der Waals surface area contributed by atoms with E-state index in [4.69, 9.17) is 9.84 Å². The van der Waals surface area contributed by atoms with Gasteiger partial charge in [-0.1, -0.05) is 32.3 Å². The Hall–Kier alpha value is -1.36. The van der Waals surface area contributed by atoms with Crippen LogP contribution in [0.3, 0.4) is 0 Å². The Morgan fingerprint density at radius 3 is 2.59 bits per heavy atom. The van der Waals surface area contributed by atoms with Gasteiger partial charge in [0.1, 0.15) is 0 Å². The van der Waals surface area contributed by atoms with E-state index in [1.54, 1.807) is 6.08 Å². The fraction of sp³-hybridized carbons (Fsp3) is 0.765. The first-order valence-electron chi connectivity index (χ1n) is 8.30. The summed E-state index contributed by atoms with van der Waals surface area (Å²) in [5.41, 5.74) is 0. The minimum Gasteiger partial charge on any atom is -0.480 e. The zero-order valence-electron chi connectivity index (χ0n) is 13.6. The topological polar surface area (TPSA) is 75.6 Å². The molecule has 1 amide bonds. The third-order valence-corrected chi connectivity index (χ3v) is 4.32. The number of carbonyl (C=O) groups excluding carboxylic acids is 1. The first-order valence-corrected chi connectivity index (χ1v) is 8.30. The van der Waals surface area contributed by atoms with E-state index in [2.05, 4.69) is 18.8 Å². The molecule has 0 aliphatic heterocycles. The van der Waals surface area contributed by atoms with E-state index in [0.717, 1.165) is 31.6 Å². The van der Waals surface area contributed by atoms with Crippen LogP contribution < -0.4 is 5.32 Å². The summed E-state index contributed by atoms with van der Waals surface area (Å²) in [6.45, 7) is 5.95. The smallest absolute Gasteiger partial charge is 0.328 e. The van der Waals surface area contributed by atoms with Gasteiger partial charge in [-0.3, -0.25) is 4.79 Å². The summed E-state index contributed by atoms with van der Waals surface area (Å²) in [4.78, 5) is 23.4. The van der Waals surface area contributed by atoms with Gasteiger partial charge in [-0.2, -0.15) is 0 Å². The number of nitrogens with one attached hydrogen (secondary N) is 1. The molecule has 2 N–H and O–H groups in total. The number of unbranched alkanes of at least 4 members (excludes halogenated alkanes) is 1. The van der Waals surface area contributed by atoms with Crippen LogP contribution in [-0.4, -0.2) is 36.2 Å². The van der Waals surface area contributed by atoms with E-state index < -0.39 is 12.0 Å². The van der Waals surface area contributed by atoms with Crippen LogP contribution in [-0.2, 0) is 14.3 Å². The third-order valence-electron chi connectivity index (χ3n) is 4.32. The number of hydrogen-bond acceptors (Lipinski definition) is 3. The van der Waals surface area contributed by atoms with Gasteiger partial charge in [0.15, 0.2) is 6.04 Å². The van der Waals surface area contributed by atoms with Crippen molar-refractivity contribution in [3.05, 3.63) is 12.7 Å². The Morgan fingerprint density at radius 2 is 2.05 bits per heavy atom. The molecule has 5 nitrogen and oxygen atoms in total. The SMILES string of the molecule is C=CCOCC(NC(=O)C1CCC(CCCC)CC1)C(=O)O. The van der Waals surface area contributed by atoms with Crippen LogP contribution in [0.2, 0.25) is 0 Å². The minimum atomic E-state index is -1.06. The van der Waals surface area contributed by atoms with Crippen molar-refractivity contribution in [1.82, 2.24) is 5.32 Å². The summed E-state index contributed by atoms with van der Waals surface area (Å²) in [5, 5.41) is 11.7. The highest BCUT2D eigenvalue weighted by atomic mass is 16.5. The average molecular weight is 311 g/mol. The number of carboxylic acid groups (broad SMARTS) is 1. The van der Waals surface area contributed by atoms with Gasteiger partial charge in [0.25, 0.3) is 0 Å². The molecule has 5 heteroatoms. The van der Waals surface area contributed by atoms with Gasteiger partial charge in [0.2, 0.25) is 5.91 Å². The van der Waals surface area contributed by atoms with Crippen LogP contribution in [0.15, 0.2) is 12.7 Å². The molecule has 1 fully saturated rings. The van der Waals surface area contributed by atoms with Gasteiger partial charge in [-0.05, 0) is 31.6 Å². The monoisotopic (exact) mass is 311 g/mol. The van der Waals surface area contributed by atoms with E-state index in [-0.39, 0.29) is 25.0 Å². The fourth-order valence-corrected chi connectivity index (χ4v) is 2.94. The molecule has 1 saturated carbocycles. The molecule has 0 radical (unpaired) electrons. The molecule has 0 aromatic rings. The maximum atomic E-state index is 12.2. The minimum absolute atomic E-state index is 0.0288. The molecule has 1 aliphatic rings. The number of aliphatic carboxylic acids is 1. The van der Waals surface area contributed by atoms with Crippen molar-refractivity contribution in [3.63, 3.8) is 0 Å². The van der Waals surface area contributed by atoms with E-state index in [1.165, 1.54) is 19.3 Å². The van der Waals surface area contributed by atoms with Crippen molar-refractivity contribution in [3.8, 4) is 0 Å². The average Bonchev–Trinajstić information content (AvgIpc) is 2.52. The second-order valence-corrected chi connectivity index (χ2v) is 6.09. The van der Waals surface area contributed by atoms with E-state index >= 15 is 0 Å². The predicted octanol–water partition coefficient (Wildman–Crippen LogP) is 2.75. The quantitative estimate of drug-likeness (QED) is 0.480. The highest BCUT2D eigenvalue weighted by Crippen LogP contribution is 2.32. The standard InChI is InChI=1S/C17H29NO4/c1-3-5-6-13-7-9-14(10-8-13)16(19)18-15(17(20)21)12-22-11-4-2/h4,13-15H,2-3,5-12H2,1H3,(H,18,19)(H,20,21). The molecule has 1 unspecified atom stereocenters. The lowest BCUT2D eigenvalue weighted by Gasteiger charge is -2.28. The molecule has 1 rings (SSSR count).